The lowest BCUT2D eigenvalue weighted by Crippen LogP contribution is -2.02. The van der Waals surface area contributed by atoms with Gasteiger partial charge in [0.25, 0.3) is 0 Å². The zero-order valence-corrected chi connectivity index (χ0v) is 7.23. The number of carbonyl (C=O) groups excluding carboxylic acids is 1. The highest BCUT2D eigenvalue weighted by molar-refractivity contribution is 6.23. The first-order chi connectivity index (χ1) is 6.33. The van der Waals surface area contributed by atoms with Crippen LogP contribution in [-0.2, 0) is 9.53 Å². The van der Waals surface area contributed by atoms with Gasteiger partial charge in [-0.1, -0.05) is 18.2 Å². The molecule has 0 bridgehead atoms. The van der Waals surface area contributed by atoms with E-state index in [1.54, 1.807) is 0 Å². The molecule has 0 saturated carbocycles. The summed E-state index contributed by atoms with van der Waals surface area (Å²) in [6.07, 6.45) is 1.08. The fraction of sp³-hybridized carbons (Fsp3) is 0.111. The number of anilines is 1. The van der Waals surface area contributed by atoms with Crippen molar-refractivity contribution in [2.24, 2.45) is 5.10 Å². The van der Waals surface area contributed by atoms with E-state index in [1.807, 2.05) is 30.3 Å². The predicted molar refractivity (Wildman–Crippen MR) is 50.6 cm³/mol. The summed E-state index contributed by atoms with van der Waals surface area (Å²) in [4.78, 5) is 10.6. The Morgan fingerprint density at radius 2 is 2.15 bits per heavy atom. The molecule has 0 fully saturated rings. The molecule has 0 radical (unpaired) electrons. The van der Waals surface area contributed by atoms with E-state index in [-0.39, 0.29) is 0 Å². The summed E-state index contributed by atoms with van der Waals surface area (Å²) in [6.45, 7) is 0. The normalized spacial score (nSPS) is 9.92. The van der Waals surface area contributed by atoms with E-state index in [0.717, 1.165) is 11.9 Å². The minimum atomic E-state index is -0.483. The number of methoxy groups -OCH3 is 1. The summed E-state index contributed by atoms with van der Waals surface area (Å²) in [5.74, 6) is -0.483. The maximum Gasteiger partial charge on any atom is 0.350 e. The zero-order chi connectivity index (χ0) is 9.52. The maximum absolute atomic E-state index is 10.6. The number of hydrogen-bond donors (Lipinski definition) is 1. The number of para-hydroxylation sites is 1. The van der Waals surface area contributed by atoms with Crippen LogP contribution < -0.4 is 5.43 Å². The molecule has 1 N–H and O–H groups in total. The Labute approximate surface area is 76.2 Å². The standard InChI is InChI=1S/C9H10N2O2/c1-13-9(12)7-10-11-8-5-3-2-4-6-8/h2-7,11H,1H3. The minimum absolute atomic E-state index is 0.483. The number of benzene rings is 1. The second-order valence-electron chi connectivity index (χ2n) is 2.26. The first-order valence-corrected chi connectivity index (χ1v) is 3.75. The number of rotatable bonds is 3. The molecule has 0 aliphatic carbocycles. The van der Waals surface area contributed by atoms with Gasteiger partial charge in [0.15, 0.2) is 0 Å². The van der Waals surface area contributed by atoms with E-state index in [9.17, 15) is 4.79 Å². The first kappa shape index (κ1) is 9.25. The number of ether oxygens (including phenoxy) is 1. The third kappa shape index (κ3) is 3.37. The van der Waals surface area contributed by atoms with E-state index >= 15 is 0 Å². The number of nitrogens with zero attached hydrogens (tertiary/aromatic N) is 1. The van der Waals surface area contributed by atoms with Crippen LogP contribution in [0.2, 0.25) is 0 Å². The zero-order valence-electron chi connectivity index (χ0n) is 7.23. The number of carbonyl (C=O) groups is 1. The van der Waals surface area contributed by atoms with Gasteiger partial charge in [-0.3, -0.25) is 5.43 Å². The van der Waals surface area contributed by atoms with Crippen molar-refractivity contribution < 1.29 is 9.53 Å². The Kier molecular flexibility index (Phi) is 3.50. The molecular formula is C9H10N2O2. The molecule has 68 valence electrons. The molecule has 0 atom stereocenters. The lowest BCUT2D eigenvalue weighted by atomic mass is 10.3. The third-order valence-corrected chi connectivity index (χ3v) is 1.34. The lowest BCUT2D eigenvalue weighted by Gasteiger charge is -1.97. The Bertz CT molecular complexity index is 296. The highest BCUT2D eigenvalue weighted by Crippen LogP contribution is 2.03. The lowest BCUT2D eigenvalue weighted by molar-refractivity contribution is -0.132. The van der Waals surface area contributed by atoms with E-state index < -0.39 is 5.97 Å². The van der Waals surface area contributed by atoms with Crippen LogP contribution in [0.4, 0.5) is 5.69 Å². The van der Waals surface area contributed by atoms with Gasteiger partial charge >= 0.3 is 5.97 Å². The summed E-state index contributed by atoms with van der Waals surface area (Å²) in [6, 6.07) is 9.32. The van der Waals surface area contributed by atoms with E-state index in [1.165, 1.54) is 7.11 Å². The summed E-state index contributed by atoms with van der Waals surface area (Å²) >= 11 is 0. The predicted octanol–water partition coefficient (Wildman–Crippen LogP) is 1.26. The Hall–Kier alpha value is -1.84. The van der Waals surface area contributed by atoms with Crippen LogP contribution in [-0.4, -0.2) is 19.3 Å². The van der Waals surface area contributed by atoms with Gasteiger partial charge in [-0.25, -0.2) is 4.79 Å². The fourth-order valence-corrected chi connectivity index (χ4v) is 0.725. The Morgan fingerprint density at radius 1 is 1.46 bits per heavy atom. The van der Waals surface area contributed by atoms with Crippen molar-refractivity contribution in [3.05, 3.63) is 30.3 Å². The number of hydrazone groups is 1. The van der Waals surface area contributed by atoms with Gasteiger partial charge in [0.05, 0.1) is 12.8 Å². The SMILES string of the molecule is COC(=O)C=NNc1ccccc1. The molecule has 0 unspecified atom stereocenters. The van der Waals surface area contributed by atoms with Gasteiger partial charge < -0.3 is 4.74 Å². The van der Waals surface area contributed by atoms with Crippen molar-refractivity contribution in [3.8, 4) is 0 Å². The second-order valence-corrected chi connectivity index (χ2v) is 2.26. The number of nitrogens with one attached hydrogen (secondary N) is 1. The third-order valence-electron chi connectivity index (χ3n) is 1.34. The molecule has 1 aromatic rings. The van der Waals surface area contributed by atoms with Gasteiger partial charge in [0.1, 0.15) is 6.21 Å². The molecule has 13 heavy (non-hydrogen) atoms. The van der Waals surface area contributed by atoms with Crippen molar-refractivity contribution >= 4 is 17.9 Å². The van der Waals surface area contributed by atoms with Crippen LogP contribution in [0.3, 0.4) is 0 Å². The van der Waals surface area contributed by atoms with Gasteiger partial charge in [-0.15, -0.1) is 0 Å². The van der Waals surface area contributed by atoms with E-state index in [4.69, 9.17) is 0 Å². The minimum Gasteiger partial charge on any atom is -0.465 e. The van der Waals surface area contributed by atoms with Crippen LogP contribution in [0, 0.1) is 0 Å². The van der Waals surface area contributed by atoms with Crippen molar-refractivity contribution in [3.63, 3.8) is 0 Å². The summed E-state index contributed by atoms with van der Waals surface area (Å²) in [7, 11) is 1.30. The largest absolute Gasteiger partial charge is 0.465 e. The number of esters is 1. The van der Waals surface area contributed by atoms with Gasteiger partial charge in [-0.05, 0) is 12.1 Å². The first-order valence-electron chi connectivity index (χ1n) is 3.75. The quantitative estimate of drug-likeness (QED) is 0.430. The average Bonchev–Trinajstić information content (AvgIpc) is 2.19. The summed E-state index contributed by atoms with van der Waals surface area (Å²) in [5.41, 5.74) is 3.50. The molecule has 0 amide bonds. The average molecular weight is 178 g/mol. The topological polar surface area (TPSA) is 50.7 Å². The van der Waals surface area contributed by atoms with Gasteiger partial charge in [-0.2, -0.15) is 5.10 Å². The van der Waals surface area contributed by atoms with Crippen LogP contribution >= 0.6 is 0 Å². The summed E-state index contributed by atoms with van der Waals surface area (Å²) in [5, 5.41) is 3.66. The molecule has 1 aromatic carbocycles. The summed E-state index contributed by atoms with van der Waals surface area (Å²) < 4.78 is 4.36. The smallest absolute Gasteiger partial charge is 0.350 e. The highest BCUT2D eigenvalue weighted by Gasteiger charge is 1.90. The van der Waals surface area contributed by atoms with E-state index in [0.29, 0.717) is 0 Å². The van der Waals surface area contributed by atoms with Crippen molar-refractivity contribution in [2.75, 3.05) is 12.5 Å². The van der Waals surface area contributed by atoms with E-state index in [2.05, 4.69) is 15.3 Å². The van der Waals surface area contributed by atoms with Gasteiger partial charge in [0.2, 0.25) is 0 Å². The molecule has 0 aliphatic rings. The monoisotopic (exact) mass is 178 g/mol. The highest BCUT2D eigenvalue weighted by atomic mass is 16.5. The second kappa shape index (κ2) is 4.92. The van der Waals surface area contributed by atoms with Crippen LogP contribution in [0.1, 0.15) is 0 Å². The maximum atomic E-state index is 10.6. The molecule has 1 rings (SSSR count). The Morgan fingerprint density at radius 3 is 2.77 bits per heavy atom. The Balaban J connectivity index is 2.44. The molecule has 0 spiro atoms. The molecule has 0 aliphatic heterocycles. The van der Waals surface area contributed by atoms with Gasteiger partial charge in [0, 0.05) is 0 Å². The molecular weight excluding hydrogens is 168 g/mol. The number of hydrogen-bond acceptors (Lipinski definition) is 4. The van der Waals surface area contributed by atoms with Crippen molar-refractivity contribution in [2.45, 2.75) is 0 Å². The van der Waals surface area contributed by atoms with Crippen molar-refractivity contribution in [1.29, 1.82) is 0 Å². The van der Waals surface area contributed by atoms with Crippen molar-refractivity contribution in [1.82, 2.24) is 0 Å². The molecule has 0 heterocycles. The molecule has 0 aromatic heterocycles. The van der Waals surface area contributed by atoms with Crippen LogP contribution in [0.15, 0.2) is 35.4 Å². The van der Waals surface area contributed by atoms with Crippen LogP contribution in [0.25, 0.3) is 0 Å². The van der Waals surface area contributed by atoms with Crippen LogP contribution in [0.5, 0.6) is 0 Å². The molecule has 4 nitrogen and oxygen atoms in total. The fourth-order valence-electron chi connectivity index (χ4n) is 0.725. The molecule has 0 saturated heterocycles. The molecule has 4 heteroatoms.